The van der Waals surface area contributed by atoms with E-state index in [2.05, 4.69) is 35.7 Å². The molecule has 1 aliphatic rings. The average molecular weight is 348 g/mol. The number of amides is 2. The molecule has 0 aromatic carbocycles. The summed E-state index contributed by atoms with van der Waals surface area (Å²) in [5, 5.41) is 11.6. The largest absolute Gasteiger partial charge is 0.367 e. The Hall–Kier alpha value is -1.86. The molecule has 0 aliphatic carbocycles. The molecular formula is C17H24N4O2S. The van der Waals surface area contributed by atoms with Crippen LogP contribution in [0.4, 0.5) is 10.5 Å². The molecule has 7 heteroatoms. The molecule has 0 spiro atoms. The molecule has 0 radical (unpaired) electrons. The Kier molecular flexibility index (Phi) is 4.91. The van der Waals surface area contributed by atoms with Crippen LogP contribution in [0.1, 0.15) is 44.1 Å². The van der Waals surface area contributed by atoms with Gasteiger partial charge in [-0.1, -0.05) is 13.8 Å². The summed E-state index contributed by atoms with van der Waals surface area (Å²) in [6, 6.07) is 1.96. The third-order valence-electron chi connectivity index (χ3n) is 4.11. The van der Waals surface area contributed by atoms with Crippen molar-refractivity contribution in [1.82, 2.24) is 14.7 Å². The number of thiophene rings is 1. The predicted molar refractivity (Wildman–Crippen MR) is 95.5 cm³/mol. The van der Waals surface area contributed by atoms with Crippen LogP contribution >= 0.6 is 11.3 Å². The van der Waals surface area contributed by atoms with E-state index in [1.165, 1.54) is 0 Å². The third kappa shape index (κ3) is 3.62. The highest BCUT2D eigenvalue weighted by Crippen LogP contribution is 2.28. The topological polar surface area (TPSA) is 59.4 Å². The Morgan fingerprint density at radius 3 is 2.92 bits per heavy atom. The van der Waals surface area contributed by atoms with Gasteiger partial charge in [0.25, 0.3) is 0 Å². The number of urea groups is 1. The molecule has 2 amide bonds. The van der Waals surface area contributed by atoms with E-state index in [9.17, 15) is 4.79 Å². The van der Waals surface area contributed by atoms with E-state index in [-0.39, 0.29) is 24.2 Å². The number of rotatable bonds is 3. The number of ether oxygens (including phenoxy) is 1. The van der Waals surface area contributed by atoms with E-state index >= 15 is 0 Å². The van der Waals surface area contributed by atoms with Crippen LogP contribution in [0.5, 0.6) is 0 Å². The fraction of sp³-hybridized carbons (Fsp3) is 0.529. The SMILES string of the molecule is CC(C)c1nn(C)cc1NC(=O)N1C[C@H](C)O[C@@H](c2ccsc2)C1. The van der Waals surface area contributed by atoms with Gasteiger partial charge < -0.3 is 15.0 Å². The molecule has 24 heavy (non-hydrogen) atoms. The second-order valence-corrected chi connectivity index (χ2v) is 7.36. The van der Waals surface area contributed by atoms with E-state index in [4.69, 9.17) is 4.74 Å². The minimum atomic E-state index is -0.0970. The minimum Gasteiger partial charge on any atom is -0.367 e. The quantitative estimate of drug-likeness (QED) is 0.922. The van der Waals surface area contributed by atoms with Gasteiger partial charge in [-0.05, 0) is 35.2 Å². The van der Waals surface area contributed by atoms with Gasteiger partial charge in [-0.15, -0.1) is 0 Å². The van der Waals surface area contributed by atoms with Gasteiger partial charge in [0.15, 0.2) is 0 Å². The lowest BCUT2D eigenvalue weighted by atomic mass is 10.1. The molecule has 3 heterocycles. The Morgan fingerprint density at radius 1 is 1.46 bits per heavy atom. The highest BCUT2D eigenvalue weighted by atomic mass is 32.1. The molecule has 2 aromatic rings. The number of carbonyl (C=O) groups is 1. The van der Waals surface area contributed by atoms with Crippen molar-refractivity contribution in [2.45, 2.75) is 38.9 Å². The number of hydrogen-bond donors (Lipinski definition) is 1. The summed E-state index contributed by atoms with van der Waals surface area (Å²) >= 11 is 1.64. The number of aryl methyl sites for hydroxylation is 1. The molecule has 1 saturated heterocycles. The Labute approximate surface area is 146 Å². The van der Waals surface area contributed by atoms with Crippen molar-refractivity contribution in [2.75, 3.05) is 18.4 Å². The summed E-state index contributed by atoms with van der Waals surface area (Å²) in [5.41, 5.74) is 2.82. The molecule has 130 valence electrons. The number of hydrogen-bond acceptors (Lipinski definition) is 4. The summed E-state index contributed by atoms with van der Waals surface area (Å²) in [5.74, 6) is 0.253. The average Bonchev–Trinajstić information content (AvgIpc) is 3.16. The molecule has 1 aliphatic heterocycles. The second-order valence-electron chi connectivity index (χ2n) is 6.58. The fourth-order valence-corrected chi connectivity index (χ4v) is 3.68. The number of nitrogens with zero attached hydrogens (tertiary/aromatic N) is 3. The van der Waals surface area contributed by atoms with Crippen LogP contribution in [0.3, 0.4) is 0 Å². The van der Waals surface area contributed by atoms with Crippen LogP contribution in [-0.2, 0) is 11.8 Å². The van der Waals surface area contributed by atoms with Crippen molar-refractivity contribution in [3.8, 4) is 0 Å². The van der Waals surface area contributed by atoms with Crippen molar-refractivity contribution in [1.29, 1.82) is 0 Å². The molecule has 0 bridgehead atoms. The molecular weight excluding hydrogens is 324 g/mol. The molecule has 2 aromatic heterocycles. The molecule has 6 nitrogen and oxygen atoms in total. The Bertz CT molecular complexity index is 696. The lowest BCUT2D eigenvalue weighted by Crippen LogP contribution is -2.47. The van der Waals surface area contributed by atoms with Crippen molar-refractivity contribution >= 4 is 23.1 Å². The van der Waals surface area contributed by atoms with Crippen LogP contribution in [0.15, 0.2) is 23.0 Å². The minimum absolute atomic E-state index is 0.00728. The smallest absolute Gasteiger partial charge is 0.322 e. The second kappa shape index (κ2) is 6.94. The summed E-state index contributed by atoms with van der Waals surface area (Å²) in [7, 11) is 1.87. The Balaban J connectivity index is 1.72. The van der Waals surface area contributed by atoms with Gasteiger partial charge in [0.05, 0.1) is 24.0 Å². The van der Waals surface area contributed by atoms with E-state index in [1.54, 1.807) is 16.0 Å². The number of anilines is 1. The van der Waals surface area contributed by atoms with Crippen LogP contribution in [0, 0.1) is 0 Å². The fourth-order valence-electron chi connectivity index (χ4n) is 2.98. The van der Waals surface area contributed by atoms with Gasteiger partial charge in [-0.25, -0.2) is 4.79 Å². The van der Waals surface area contributed by atoms with Gasteiger partial charge in [-0.2, -0.15) is 16.4 Å². The predicted octanol–water partition coefficient (Wildman–Crippen LogP) is 3.60. The van der Waals surface area contributed by atoms with Gasteiger partial charge in [-0.3, -0.25) is 4.68 Å². The first-order valence-corrected chi connectivity index (χ1v) is 9.15. The number of morpholine rings is 1. The maximum Gasteiger partial charge on any atom is 0.322 e. The zero-order chi connectivity index (χ0) is 17.3. The monoisotopic (exact) mass is 348 g/mol. The number of aromatic nitrogens is 2. The summed E-state index contributed by atoms with van der Waals surface area (Å²) in [6.45, 7) is 7.29. The normalized spacial score (nSPS) is 21.3. The first-order chi connectivity index (χ1) is 11.4. The molecule has 0 unspecified atom stereocenters. The molecule has 0 saturated carbocycles. The summed E-state index contributed by atoms with van der Waals surface area (Å²) in [6.07, 6.45) is 1.80. The Morgan fingerprint density at radius 2 is 2.25 bits per heavy atom. The van der Waals surface area contributed by atoms with Crippen LogP contribution in [0.2, 0.25) is 0 Å². The number of carbonyl (C=O) groups excluding carboxylic acids is 1. The van der Waals surface area contributed by atoms with E-state index in [0.717, 1.165) is 16.9 Å². The maximum atomic E-state index is 12.7. The van der Waals surface area contributed by atoms with Crippen molar-refractivity contribution < 1.29 is 9.53 Å². The third-order valence-corrected chi connectivity index (χ3v) is 4.81. The van der Waals surface area contributed by atoms with E-state index < -0.39 is 0 Å². The molecule has 3 rings (SSSR count). The van der Waals surface area contributed by atoms with Crippen molar-refractivity contribution in [2.24, 2.45) is 7.05 Å². The van der Waals surface area contributed by atoms with E-state index in [0.29, 0.717) is 13.1 Å². The van der Waals surface area contributed by atoms with Crippen LogP contribution in [0.25, 0.3) is 0 Å². The van der Waals surface area contributed by atoms with Gasteiger partial charge in [0.2, 0.25) is 0 Å². The molecule has 2 atom stereocenters. The summed E-state index contributed by atoms with van der Waals surface area (Å²) in [4.78, 5) is 14.6. The van der Waals surface area contributed by atoms with Crippen LogP contribution in [-0.4, -0.2) is 39.9 Å². The van der Waals surface area contributed by atoms with Gasteiger partial charge in [0, 0.05) is 19.8 Å². The molecule has 1 fully saturated rings. The van der Waals surface area contributed by atoms with Gasteiger partial charge in [0.1, 0.15) is 6.10 Å². The number of nitrogens with one attached hydrogen (secondary N) is 1. The zero-order valence-corrected chi connectivity index (χ0v) is 15.3. The van der Waals surface area contributed by atoms with Crippen molar-refractivity contribution in [3.63, 3.8) is 0 Å². The lowest BCUT2D eigenvalue weighted by molar-refractivity contribution is -0.0640. The lowest BCUT2D eigenvalue weighted by Gasteiger charge is -2.36. The van der Waals surface area contributed by atoms with Crippen molar-refractivity contribution in [3.05, 3.63) is 34.3 Å². The van der Waals surface area contributed by atoms with Crippen LogP contribution < -0.4 is 5.32 Å². The zero-order valence-electron chi connectivity index (χ0n) is 14.5. The molecule has 1 N–H and O–H groups in total. The standard InChI is InChI=1S/C17H24N4O2S/c1-11(2)16-14(8-20(4)19-16)18-17(22)21-7-12(3)23-15(9-21)13-5-6-24-10-13/h5-6,8,10-12,15H,7,9H2,1-4H3,(H,18,22)/t12-,15+/m0/s1. The summed E-state index contributed by atoms with van der Waals surface area (Å²) < 4.78 is 7.73. The van der Waals surface area contributed by atoms with E-state index in [1.807, 2.05) is 30.4 Å². The maximum absolute atomic E-state index is 12.7. The van der Waals surface area contributed by atoms with Gasteiger partial charge >= 0.3 is 6.03 Å². The highest BCUT2D eigenvalue weighted by molar-refractivity contribution is 7.07. The first kappa shape index (κ1) is 17.0. The first-order valence-electron chi connectivity index (χ1n) is 8.21. The highest BCUT2D eigenvalue weighted by Gasteiger charge is 2.30.